The van der Waals surface area contributed by atoms with Crippen LogP contribution < -0.4 is 0 Å². The fourth-order valence-electron chi connectivity index (χ4n) is 0.167. The molecular weight excluding hydrogens is 120 g/mol. The van der Waals surface area contributed by atoms with Crippen LogP contribution in [-0.2, 0) is 0 Å². The zero-order chi connectivity index (χ0) is 7.49. The van der Waals surface area contributed by atoms with E-state index in [2.05, 4.69) is 34.6 Å². The van der Waals surface area contributed by atoms with Crippen molar-refractivity contribution in [3.05, 3.63) is 0 Å². The molecule has 0 heteroatoms. The monoisotopic (exact) mass is 144 g/mol. The van der Waals surface area contributed by atoms with Gasteiger partial charge in [0.15, 0.2) is 0 Å². The minimum Gasteiger partial charge on any atom is -0.0776 e. The molecule has 0 aromatic carbocycles. The molecule has 1 aliphatic carbocycles. The first-order valence-electron chi connectivity index (χ1n) is 3.89. The maximum Gasteiger partial charge on any atom is -0.0411 e. The summed E-state index contributed by atoms with van der Waals surface area (Å²) >= 11 is 0. The summed E-state index contributed by atoms with van der Waals surface area (Å²) in [5.41, 5.74) is 0.500. The second-order valence-corrected chi connectivity index (χ2v) is 4.68. The summed E-state index contributed by atoms with van der Waals surface area (Å²) in [4.78, 5) is 0. The summed E-state index contributed by atoms with van der Waals surface area (Å²) in [7, 11) is 0. The highest BCUT2D eigenvalue weighted by Crippen LogP contribution is 2.26. The highest BCUT2D eigenvalue weighted by molar-refractivity contribution is 4.65. The first-order valence-corrected chi connectivity index (χ1v) is 3.89. The molecule has 1 rings (SSSR count). The first kappa shape index (κ1) is 12.7. The minimum atomic E-state index is 0. The van der Waals surface area contributed by atoms with E-state index < -0.39 is 0 Å². The van der Waals surface area contributed by atoms with E-state index in [1.165, 1.54) is 12.8 Å². The summed E-state index contributed by atoms with van der Waals surface area (Å²) in [6, 6.07) is 0. The van der Waals surface area contributed by atoms with Crippen LogP contribution in [0.3, 0.4) is 0 Å². The van der Waals surface area contributed by atoms with Crippen LogP contribution in [0, 0.1) is 11.3 Å². The van der Waals surface area contributed by atoms with Crippen LogP contribution in [0.5, 0.6) is 0 Å². The molecule has 0 aromatic rings. The Kier molecular flexibility index (Phi) is 6.02. The van der Waals surface area contributed by atoms with Gasteiger partial charge in [-0.2, -0.15) is 0 Å². The molecule has 1 saturated carbocycles. The van der Waals surface area contributed by atoms with E-state index in [4.69, 9.17) is 0 Å². The highest BCUT2D eigenvalue weighted by Gasteiger charge is 2.12. The fraction of sp³-hybridized carbons (Fsp3) is 1.00. The molecule has 0 bridgehead atoms. The van der Waals surface area contributed by atoms with Crippen LogP contribution in [0.4, 0.5) is 0 Å². The summed E-state index contributed by atoms with van der Waals surface area (Å²) in [5, 5.41) is 0. The number of hydrogen-bond acceptors (Lipinski definition) is 0. The molecule has 0 aliphatic heterocycles. The Morgan fingerprint density at radius 2 is 1.10 bits per heavy atom. The molecule has 0 nitrogen and oxygen atoms in total. The first-order chi connectivity index (χ1) is 3.89. The Morgan fingerprint density at radius 1 is 1.00 bits per heavy atom. The van der Waals surface area contributed by atoms with Crippen molar-refractivity contribution in [1.82, 2.24) is 0 Å². The van der Waals surface area contributed by atoms with Gasteiger partial charge in [0.05, 0.1) is 0 Å². The molecule has 0 N–H and O–H groups in total. The summed E-state index contributed by atoms with van der Waals surface area (Å²) < 4.78 is 0. The van der Waals surface area contributed by atoms with Crippen LogP contribution in [-0.4, -0.2) is 0 Å². The average Bonchev–Trinajstić information content (AvgIpc) is 2.13. The van der Waals surface area contributed by atoms with E-state index in [1.807, 2.05) is 0 Å². The topological polar surface area (TPSA) is 0 Å². The van der Waals surface area contributed by atoms with E-state index in [1.54, 1.807) is 0 Å². The third-order valence-electron chi connectivity index (χ3n) is 0.866. The van der Waals surface area contributed by atoms with Crippen molar-refractivity contribution in [3.8, 4) is 0 Å². The van der Waals surface area contributed by atoms with Crippen LogP contribution in [0.2, 0.25) is 0 Å². The van der Waals surface area contributed by atoms with Crippen LogP contribution in [0.25, 0.3) is 0 Å². The molecule has 0 heterocycles. The van der Waals surface area contributed by atoms with Crippen molar-refractivity contribution in [1.29, 1.82) is 0 Å². The molecule has 0 amide bonds. The van der Waals surface area contributed by atoms with E-state index in [-0.39, 0.29) is 7.43 Å². The van der Waals surface area contributed by atoms with Gasteiger partial charge in [0.1, 0.15) is 0 Å². The normalized spacial score (nSPS) is 16.5. The lowest BCUT2D eigenvalue weighted by Gasteiger charge is -2.05. The lowest BCUT2D eigenvalue weighted by molar-refractivity contribution is 0.469. The maximum atomic E-state index is 2.28. The lowest BCUT2D eigenvalue weighted by Crippen LogP contribution is -1.93. The van der Waals surface area contributed by atoms with Gasteiger partial charge in [-0.3, -0.25) is 0 Å². The van der Waals surface area contributed by atoms with Crippen LogP contribution >= 0.6 is 0 Å². The number of hydrogen-bond donors (Lipinski definition) is 0. The zero-order valence-electron chi connectivity index (χ0n) is 7.49. The molecular formula is C10H24. The van der Waals surface area contributed by atoms with Gasteiger partial charge >= 0.3 is 0 Å². The molecule has 1 aliphatic rings. The number of rotatable bonds is 0. The van der Waals surface area contributed by atoms with Crippen molar-refractivity contribution < 1.29 is 0 Å². The Hall–Kier alpha value is 0. The smallest absolute Gasteiger partial charge is 0.0411 e. The van der Waals surface area contributed by atoms with Crippen molar-refractivity contribution >= 4 is 0 Å². The van der Waals surface area contributed by atoms with Gasteiger partial charge in [-0.1, -0.05) is 54.9 Å². The molecule has 0 aromatic heterocycles. The van der Waals surface area contributed by atoms with E-state index in [9.17, 15) is 0 Å². The molecule has 1 fully saturated rings. The summed E-state index contributed by atoms with van der Waals surface area (Å²) in [6.07, 6.45) is 2.97. The molecule has 0 unspecified atom stereocenters. The van der Waals surface area contributed by atoms with Gasteiger partial charge < -0.3 is 0 Å². The predicted molar refractivity (Wildman–Crippen MR) is 50.3 cm³/mol. The van der Waals surface area contributed by atoms with Gasteiger partial charge in [0.25, 0.3) is 0 Å². The molecule has 64 valence electrons. The molecule has 10 heavy (non-hydrogen) atoms. The van der Waals surface area contributed by atoms with Crippen LogP contribution in [0.15, 0.2) is 0 Å². The Morgan fingerprint density at radius 3 is 1.10 bits per heavy atom. The van der Waals surface area contributed by atoms with Crippen molar-refractivity contribution in [2.45, 2.75) is 54.9 Å². The van der Waals surface area contributed by atoms with Crippen molar-refractivity contribution in [2.75, 3.05) is 0 Å². The second kappa shape index (κ2) is 4.76. The SMILES string of the molecule is C.CC(C)(C)C.CC1CC1. The second-order valence-electron chi connectivity index (χ2n) is 4.68. The fourth-order valence-corrected chi connectivity index (χ4v) is 0.167. The average molecular weight is 144 g/mol. The summed E-state index contributed by atoms with van der Waals surface area (Å²) in [6.45, 7) is 11.0. The predicted octanol–water partition coefficient (Wildman–Crippen LogP) is 4.10. The Bertz CT molecular complexity index is 56.6. The quantitative estimate of drug-likeness (QED) is 0.480. The van der Waals surface area contributed by atoms with E-state index in [0.29, 0.717) is 5.41 Å². The van der Waals surface area contributed by atoms with Gasteiger partial charge in [-0.25, -0.2) is 0 Å². The zero-order valence-corrected chi connectivity index (χ0v) is 7.49. The Labute approximate surface area is 67.0 Å². The lowest BCUT2D eigenvalue weighted by atomic mass is 10.0. The third-order valence-corrected chi connectivity index (χ3v) is 0.866. The third kappa shape index (κ3) is 43.6. The Balaban J connectivity index is 0. The van der Waals surface area contributed by atoms with Gasteiger partial charge in [0, 0.05) is 0 Å². The standard InChI is InChI=1S/C5H12.C4H8.CH4/c1-5(2,3)4;1-4-2-3-4;/h1-4H3;4H,2-3H2,1H3;1H4. The molecule has 0 radical (unpaired) electrons. The van der Waals surface area contributed by atoms with Gasteiger partial charge in [-0.05, 0) is 11.3 Å². The van der Waals surface area contributed by atoms with Crippen molar-refractivity contribution in [2.24, 2.45) is 11.3 Å². The van der Waals surface area contributed by atoms with Gasteiger partial charge in [0.2, 0.25) is 0 Å². The summed E-state index contributed by atoms with van der Waals surface area (Å²) in [5.74, 6) is 1.08. The van der Waals surface area contributed by atoms with Gasteiger partial charge in [-0.15, -0.1) is 0 Å². The maximum absolute atomic E-state index is 2.28. The molecule has 0 spiro atoms. The van der Waals surface area contributed by atoms with E-state index in [0.717, 1.165) is 5.92 Å². The largest absolute Gasteiger partial charge is 0.0776 e. The van der Waals surface area contributed by atoms with Crippen molar-refractivity contribution in [3.63, 3.8) is 0 Å². The minimum absolute atomic E-state index is 0. The van der Waals surface area contributed by atoms with E-state index >= 15 is 0 Å². The molecule has 0 saturated heterocycles. The molecule has 0 atom stereocenters. The van der Waals surface area contributed by atoms with Crippen LogP contribution in [0.1, 0.15) is 54.9 Å². The highest BCUT2D eigenvalue weighted by atomic mass is 14.2.